The van der Waals surface area contributed by atoms with E-state index in [1.54, 1.807) is 0 Å². The Kier molecular flexibility index (Phi) is 3.03. The van der Waals surface area contributed by atoms with Crippen LogP contribution >= 0.6 is 0 Å². The van der Waals surface area contributed by atoms with Crippen molar-refractivity contribution in [3.63, 3.8) is 0 Å². The monoisotopic (exact) mass is 254 g/mol. The maximum atomic E-state index is 10.3. The van der Waals surface area contributed by atoms with Crippen molar-refractivity contribution in [3.8, 4) is 5.75 Å². The third-order valence-corrected chi connectivity index (χ3v) is 3.68. The van der Waals surface area contributed by atoms with Gasteiger partial charge in [0.05, 0.1) is 6.10 Å². The van der Waals surface area contributed by atoms with E-state index in [0.717, 1.165) is 22.4 Å². The molecule has 0 bridgehead atoms. The van der Waals surface area contributed by atoms with E-state index in [4.69, 9.17) is 4.74 Å². The summed E-state index contributed by atoms with van der Waals surface area (Å²) in [7, 11) is 0. The molecule has 1 aliphatic rings. The number of ether oxygens (including phenoxy) is 1. The molecule has 3 rings (SSSR count). The van der Waals surface area contributed by atoms with E-state index < -0.39 is 6.10 Å². The fourth-order valence-electron chi connectivity index (χ4n) is 2.55. The van der Waals surface area contributed by atoms with Gasteiger partial charge in [-0.3, -0.25) is 0 Å². The second-order valence-corrected chi connectivity index (χ2v) is 5.31. The third kappa shape index (κ3) is 2.36. The predicted molar refractivity (Wildman–Crippen MR) is 75.3 cm³/mol. The molecule has 2 unspecified atom stereocenters. The van der Waals surface area contributed by atoms with E-state index in [1.807, 2.05) is 25.1 Å². The van der Waals surface area contributed by atoms with Crippen molar-refractivity contribution < 1.29 is 9.84 Å². The number of aliphatic hydroxyl groups is 1. The van der Waals surface area contributed by atoms with E-state index >= 15 is 0 Å². The molecule has 0 saturated heterocycles. The lowest BCUT2D eigenvalue weighted by Crippen LogP contribution is -2.19. The molecule has 0 saturated carbocycles. The maximum Gasteiger partial charge on any atom is 0.127 e. The van der Waals surface area contributed by atoms with Crippen LogP contribution in [0.15, 0.2) is 42.5 Å². The summed E-state index contributed by atoms with van der Waals surface area (Å²) in [6.45, 7) is 4.09. The first-order valence-corrected chi connectivity index (χ1v) is 6.65. The quantitative estimate of drug-likeness (QED) is 0.837. The molecule has 2 aromatic carbocycles. The fourth-order valence-corrected chi connectivity index (χ4v) is 2.55. The molecule has 1 heterocycles. The van der Waals surface area contributed by atoms with Gasteiger partial charge in [0.15, 0.2) is 0 Å². The van der Waals surface area contributed by atoms with Gasteiger partial charge in [0, 0.05) is 12.0 Å². The first kappa shape index (κ1) is 12.2. The smallest absolute Gasteiger partial charge is 0.127 e. The van der Waals surface area contributed by atoms with Crippen molar-refractivity contribution in [2.24, 2.45) is 0 Å². The summed E-state index contributed by atoms with van der Waals surface area (Å²) in [5.41, 5.74) is 4.41. The Hall–Kier alpha value is -1.80. The Morgan fingerprint density at radius 2 is 1.68 bits per heavy atom. The molecule has 1 aliphatic heterocycles. The number of rotatable bonds is 1. The Morgan fingerprint density at radius 1 is 1.00 bits per heavy atom. The number of hydrogen-bond donors (Lipinski definition) is 1. The number of aryl methyl sites for hydroxylation is 2. The summed E-state index contributed by atoms with van der Waals surface area (Å²) in [4.78, 5) is 0. The van der Waals surface area contributed by atoms with Crippen LogP contribution in [-0.4, -0.2) is 5.11 Å². The summed E-state index contributed by atoms with van der Waals surface area (Å²) < 4.78 is 6.02. The Morgan fingerprint density at radius 3 is 2.42 bits per heavy atom. The van der Waals surface area contributed by atoms with Crippen molar-refractivity contribution in [2.75, 3.05) is 0 Å². The zero-order valence-corrected chi connectivity index (χ0v) is 11.3. The highest BCUT2D eigenvalue weighted by molar-refractivity contribution is 5.41. The minimum absolute atomic E-state index is 0.0641. The lowest BCUT2D eigenvalue weighted by atomic mass is 9.94. The summed E-state index contributed by atoms with van der Waals surface area (Å²) in [5, 5.41) is 10.3. The highest BCUT2D eigenvalue weighted by Crippen LogP contribution is 2.40. The average Bonchev–Trinajstić information content (AvgIpc) is 2.40. The van der Waals surface area contributed by atoms with Gasteiger partial charge in [-0.1, -0.05) is 41.5 Å². The van der Waals surface area contributed by atoms with Gasteiger partial charge in [-0.15, -0.1) is 0 Å². The summed E-state index contributed by atoms with van der Waals surface area (Å²) in [5.74, 6) is 0.801. The molecule has 0 aliphatic carbocycles. The van der Waals surface area contributed by atoms with Crippen LogP contribution < -0.4 is 4.74 Å². The third-order valence-electron chi connectivity index (χ3n) is 3.68. The molecule has 2 nitrogen and oxygen atoms in total. The minimum Gasteiger partial charge on any atom is -0.485 e. The van der Waals surface area contributed by atoms with E-state index in [1.165, 1.54) is 5.56 Å². The van der Waals surface area contributed by atoms with Crippen molar-refractivity contribution in [3.05, 3.63) is 64.7 Å². The zero-order valence-electron chi connectivity index (χ0n) is 11.3. The van der Waals surface area contributed by atoms with Crippen LogP contribution in [0.1, 0.15) is 40.9 Å². The Bertz CT molecular complexity index is 587. The molecule has 0 spiro atoms. The molecule has 0 fully saturated rings. The summed E-state index contributed by atoms with van der Waals surface area (Å²) in [6.07, 6.45) is 0.0974. The normalized spacial score (nSPS) is 21.6. The van der Waals surface area contributed by atoms with Crippen LogP contribution in [0.25, 0.3) is 0 Å². The number of aliphatic hydroxyl groups excluding tert-OH is 1. The average molecular weight is 254 g/mol. The summed E-state index contributed by atoms with van der Waals surface area (Å²) in [6, 6.07) is 14.3. The summed E-state index contributed by atoms with van der Waals surface area (Å²) >= 11 is 0. The van der Waals surface area contributed by atoms with Gasteiger partial charge >= 0.3 is 0 Å². The number of benzene rings is 2. The van der Waals surface area contributed by atoms with E-state index in [-0.39, 0.29) is 6.10 Å². The first-order valence-electron chi connectivity index (χ1n) is 6.65. The molecule has 0 radical (unpaired) electrons. The van der Waals surface area contributed by atoms with Crippen molar-refractivity contribution >= 4 is 0 Å². The molecular formula is C17H18O2. The van der Waals surface area contributed by atoms with Crippen LogP contribution in [0.5, 0.6) is 5.75 Å². The first-order chi connectivity index (χ1) is 9.13. The molecule has 2 heteroatoms. The maximum absolute atomic E-state index is 10.3. The van der Waals surface area contributed by atoms with E-state index in [2.05, 4.69) is 31.2 Å². The van der Waals surface area contributed by atoms with Crippen LogP contribution in [-0.2, 0) is 0 Å². The molecule has 98 valence electrons. The lowest BCUT2D eigenvalue weighted by molar-refractivity contribution is 0.0657. The van der Waals surface area contributed by atoms with Gasteiger partial charge < -0.3 is 9.84 Å². The second kappa shape index (κ2) is 4.71. The zero-order chi connectivity index (χ0) is 13.4. The van der Waals surface area contributed by atoms with Crippen molar-refractivity contribution in [1.29, 1.82) is 0 Å². The van der Waals surface area contributed by atoms with Gasteiger partial charge in [0.1, 0.15) is 11.9 Å². The van der Waals surface area contributed by atoms with Crippen LogP contribution in [0, 0.1) is 13.8 Å². The number of hydrogen-bond acceptors (Lipinski definition) is 2. The molecule has 0 amide bonds. The standard InChI is InChI=1S/C17H18O2/c1-11-3-6-13(7-4-11)17-10-15(18)14-9-12(2)5-8-16(14)19-17/h3-9,15,17-18H,10H2,1-2H3. The molecular weight excluding hydrogens is 236 g/mol. The second-order valence-electron chi connectivity index (χ2n) is 5.31. The van der Waals surface area contributed by atoms with E-state index in [0.29, 0.717) is 6.42 Å². The highest BCUT2D eigenvalue weighted by Gasteiger charge is 2.27. The van der Waals surface area contributed by atoms with Gasteiger partial charge in [-0.25, -0.2) is 0 Å². The van der Waals surface area contributed by atoms with E-state index in [9.17, 15) is 5.11 Å². The minimum atomic E-state index is -0.449. The largest absolute Gasteiger partial charge is 0.485 e. The van der Waals surface area contributed by atoms with Crippen LogP contribution in [0.2, 0.25) is 0 Å². The Balaban J connectivity index is 1.92. The predicted octanol–water partition coefficient (Wildman–Crippen LogP) is 3.86. The Labute approximate surface area is 113 Å². The molecule has 19 heavy (non-hydrogen) atoms. The van der Waals surface area contributed by atoms with Gasteiger partial charge in [0.2, 0.25) is 0 Å². The van der Waals surface area contributed by atoms with Crippen molar-refractivity contribution in [1.82, 2.24) is 0 Å². The molecule has 2 atom stereocenters. The molecule has 0 aromatic heterocycles. The van der Waals surface area contributed by atoms with Gasteiger partial charge in [-0.05, 0) is 31.5 Å². The lowest BCUT2D eigenvalue weighted by Gasteiger charge is -2.30. The topological polar surface area (TPSA) is 29.5 Å². The fraction of sp³-hybridized carbons (Fsp3) is 0.294. The SMILES string of the molecule is Cc1ccc(C2CC(O)c3cc(C)ccc3O2)cc1. The van der Waals surface area contributed by atoms with Gasteiger partial charge in [-0.2, -0.15) is 0 Å². The van der Waals surface area contributed by atoms with Crippen LogP contribution in [0.3, 0.4) is 0 Å². The molecule has 1 N–H and O–H groups in total. The van der Waals surface area contributed by atoms with Crippen molar-refractivity contribution in [2.45, 2.75) is 32.5 Å². The molecule has 2 aromatic rings. The van der Waals surface area contributed by atoms with Gasteiger partial charge in [0.25, 0.3) is 0 Å². The highest BCUT2D eigenvalue weighted by atomic mass is 16.5. The van der Waals surface area contributed by atoms with Crippen LogP contribution in [0.4, 0.5) is 0 Å². The number of fused-ring (bicyclic) bond motifs is 1.